The minimum Gasteiger partial charge on any atom is -0.397 e. The van der Waals surface area contributed by atoms with Gasteiger partial charge >= 0.3 is 0 Å². The van der Waals surface area contributed by atoms with Gasteiger partial charge in [0.15, 0.2) is 0 Å². The largest absolute Gasteiger partial charge is 0.397 e. The number of anilines is 2. The molecule has 2 rings (SSSR count). The monoisotopic (exact) mass is 190 g/mol. The number of nitrogens with zero attached hydrogens (tertiary/aromatic N) is 1. The van der Waals surface area contributed by atoms with Crippen molar-refractivity contribution in [1.29, 1.82) is 0 Å². The van der Waals surface area contributed by atoms with E-state index in [9.17, 15) is 0 Å². The fourth-order valence-electron chi connectivity index (χ4n) is 2.21. The van der Waals surface area contributed by atoms with Crippen molar-refractivity contribution in [3.05, 3.63) is 24.3 Å². The molecule has 1 fully saturated rings. The number of piperidine rings is 1. The maximum atomic E-state index is 5.97. The van der Waals surface area contributed by atoms with Crippen LogP contribution in [0.2, 0.25) is 0 Å². The molecule has 0 aromatic heterocycles. The molecule has 0 bridgehead atoms. The van der Waals surface area contributed by atoms with Crippen LogP contribution in [0, 0.1) is 0 Å². The van der Waals surface area contributed by atoms with Crippen LogP contribution in [-0.2, 0) is 0 Å². The molecular formula is C12H18N2. The zero-order valence-electron chi connectivity index (χ0n) is 8.74. The molecule has 1 aliphatic heterocycles. The average molecular weight is 190 g/mol. The van der Waals surface area contributed by atoms with Gasteiger partial charge in [0, 0.05) is 12.6 Å². The molecule has 1 aliphatic rings. The van der Waals surface area contributed by atoms with Crippen LogP contribution in [0.3, 0.4) is 0 Å². The lowest BCUT2D eigenvalue weighted by atomic mass is 10.0. The number of benzene rings is 1. The third-order valence-corrected chi connectivity index (χ3v) is 3.05. The number of hydrogen-bond acceptors (Lipinski definition) is 2. The van der Waals surface area contributed by atoms with Gasteiger partial charge in [0.05, 0.1) is 11.4 Å². The molecule has 1 atom stereocenters. The van der Waals surface area contributed by atoms with E-state index in [0.717, 1.165) is 12.2 Å². The molecule has 2 nitrogen and oxygen atoms in total. The second kappa shape index (κ2) is 3.91. The molecule has 2 heteroatoms. The predicted octanol–water partition coefficient (Wildman–Crippen LogP) is 2.65. The molecule has 1 aromatic carbocycles. The molecule has 0 radical (unpaired) electrons. The van der Waals surface area contributed by atoms with E-state index >= 15 is 0 Å². The van der Waals surface area contributed by atoms with Gasteiger partial charge in [0.2, 0.25) is 0 Å². The summed E-state index contributed by atoms with van der Waals surface area (Å²) in [5.41, 5.74) is 8.08. The SMILES string of the molecule is CC1CCCCN1c1ccccc1N. The summed E-state index contributed by atoms with van der Waals surface area (Å²) in [6, 6.07) is 8.79. The molecule has 1 unspecified atom stereocenters. The van der Waals surface area contributed by atoms with E-state index < -0.39 is 0 Å². The van der Waals surface area contributed by atoms with Crippen LogP contribution in [0.25, 0.3) is 0 Å². The Labute approximate surface area is 85.7 Å². The number of nitrogens with two attached hydrogens (primary N) is 1. The second-order valence-corrected chi connectivity index (χ2v) is 4.10. The smallest absolute Gasteiger partial charge is 0.0602 e. The van der Waals surface area contributed by atoms with Crippen molar-refractivity contribution >= 4 is 11.4 Å². The second-order valence-electron chi connectivity index (χ2n) is 4.10. The standard InChI is InChI=1S/C12H18N2/c1-10-6-4-5-9-14(10)12-8-3-2-7-11(12)13/h2-3,7-8,10H,4-6,9,13H2,1H3. The van der Waals surface area contributed by atoms with E-state index in [1.54, 1.807) is 0 Å². The number of nitrogen functional groups attached to an aromatic ring is 1. The van der Waals surface area contributed by atoms with Gasteiger partial charge in [-0.2, -0.15) is 0 Å². The third-order valence-electron chi connectivity index (χ3n) is 3.05. The topological polar surface area (TPSA) is 29.3 Å². The first-order valence-corrected chi connectivity index (χ1v) is 5.40. The number of rotatable bonds is 1. The van der Waals surface area contributed by atoms with Gasteiger partial charge in [-0.05, 0) is 38.3 Å². The first-order valence-electron chi connectivity index (χ1n) is 5.40. The lowest BCUT2D eigenvalue weighted by molar-refractivity contribution is 0.485. The van der Waals surface area contributed by atoms with Crippen molar-refractivity contribution in [2.45, 2.75) is 32.2 Å². The lowest BCUT2D eigenvalue weighted by Gasteiger charge is -2.36. The summed E-state index contributed by atoms with van der Waals surface area (Å²) in [6.07, 6.45) is 3.93. The molecule has 1 heterocycles. The van der Waals surface area contributed by atoms with Gasteiger partial charge in [-0.25, -0.2) is 0 Å². The fourth-order valence-corrected chi connectivity index (χ4v) is 2.21. The minimum absolute atomic E-state index is 0.633. The summed E-state index contributed by atoms with van der Waals surface area (Å²) >= 11 is 0. The Balaban J connectivity index is 2.25. The van der Waals surface area contributed by atoms with Gasteiger partial charge in [-0.3, -0.25) is 0 Å². The average Bonchev–Trinajstić information content (AvgIpc) is 2.20. The molecule has 0 aliphatic carbocycles. The summed E-state index contributed by atoms with van der Waals surface area (Å²) in [7, 11) is 0. The van der Waals surface area contributed by atoms with E-state index in [0.29, 0.717) is 6.04 Å². The predicted molar refractivity (Wildman–Crippen MR) is 61.5 cm³/mol. The van der Waals surface area contributed by atoms with Gasteiger partial charge < -0.3 is 10.6 Å². The van der Waals surface area contributed by atoms with E-state index in [2.05, 4.69) is 24.0 Å². The van der Waals surface area contributed by atoms with Gasteiger partial charge in [0.1, 0.15) is 0 Å². The van der Waals surface area contributed by atoms with E-state index in [1.165, 1.54) is 24.9 Å². The Morgan fingerprint density at radius 3 is 2.79 bits per heavy atom. The van der Waals surface area contributed by atoms with Gasteiger partial charge in [-0.15, -0.1) is 0 Å². The van der Waals surface area contributed by atoms with Crippen LogP contribution in [0.15, 0.2) is 24.3 Å². The summed E-state index contributed by atoms with van der Waals surface area (Å²) < 4.78 is 0. The molecule has 1 aromatic rings. The van der Waals surface area contributed by atoms with Crippen molar-refractivity contribution in [2.24, 2.45) is 0 Å². The fraction of sp³-hybridized carbons (Fsp3) is 0.500. The summed E-state index contributed by atoms with van der Waals surface area (Å²) in [5, 5.41) is 0. The normalized spacial score (nSPS) is 22.4. The first-order chi connectivity index (χ1) is 6.79. The Morgan fingerprint density at radius 2 is 2.07 bits per heavy atom. The zero-order chi connectivity index (χ0) is 9.97. The Hall–Kier alpha value is -1.18. The molecule has 0 amide bonds. The maximum Gasteiger partial charge on any atom is 0.0602 e. The minimum atomic E-state index is 0.633. The third kappa shape index (κ3) is 1.69. The summed E-state index contributed by atoms with van der Waals surface area (Å²) in [5.74, 6) is 0. The molecule has 2 N–H and O–H groups in total. The maximum absolute atomic E-state index is 5.97. The van der Waals surface area contributed by atoms with Gasteiger partial charge in [-0.1, -0.05) is 12.1 Å². The van der Waals surface area contributed by atoms with Crippen LogP contribution < -0.4 is 10.6 Å². The molecule has 14 heavy (non-hydrogen) atoms. The molecular weight excluding hydrogens is 172 g/mol. The van der Waals surface area contributed by atoms with Crippen LogP contribution >= 0.6 is 0 Å². The molecule has 0 saturated carbocycles. The van der Waals surface area contributed by atoms with Crippen LogP contribution in [0.1, 0.15) is 26.2 Å². The van der Waals surface area contributed by atoms with Crippen LogP contribution in [0.4, 0.5) is 11.4 Å². The highest BCUT2D eigenvalue weighted by Crippen LogP contribution is 2.28. The van der Waals surface area contributed by atoms with Gasteiger partial charge in [0.25, 0.3) is 0 Å². The lowest BCUT2D eigenvalue weighted by Crippen LogP contribution is -2.37. The van der Waals surface area contributed by atoms with Crippen LogP contribution in [0.5, 0.6) is 0 Å². The quantitative estimate of drug-likeness (QED) is 0.690. The summed E-state index contributed by atoms with van der Waals surface area (Å²) in [4.78, 5) is 2.43. The number of para-hydroxylation sites is 2. The van der Waals surface area contributed by atoms with E-state index in [-0.39, 0.29) is 0 Å². The van der Waals surface area contributed by atoms with Crippen LogP contribution in [-0.4, -0.2) is 12.6 Å². The molecule has 1 saturated heterocycles. The highest BCUT2D eigenvalue weighted by Gasteiger charge is 2.19. The first kappa shape index (κ1) is 9.38. The van der Waals surface area contributed by atoms with Crippen molar-refractivity contribution < 1.29 is 0 Å². The van der Waals surface area contributed by atoms with E-state index in [1.807, 2.05) is 12.1 Å². The summed E-state index contributed by atoms with van der Waals surface area (Å²) in [6.45, 7) is 3.43. The van der Waals surface area contributed by atoms with Crippen molar-refractivity contribution in [1.82, 2.24) is 0 Å². The van der Waals surface area contributed by atoms with Crippen molar-refractivity contribution in [3.63, 3.8) is 0 Å². The molecule has 76 valence electrons. The Kier molecular flexibility index (Phi) is 2.62. The zero-order valence-corrected chi connectivity index (χ0v) is 8.74. The van der Waals surface area contributed by atoms with Crippen molar-refractivity contribution in [3.8, 4) is 0 Å². The molecule has 0 spiro atoms. The Bertz CT molecular complexity index is 309. The Morgan fingerprint density at radius 1 is 1.29 bits per heavy atom. The number of hydrogen-bond donors (Lipinski definition) is 1. The highest BCUT2D eigenvalue weighted by atomic mass is 15.2. The van der Waals surface area contributed by atoms with Crippen molar-refractivity contribution in [2.75, 3.05) is 17.2 Å². The highest BCUT2D eigenvalue weighted by molar-refractivity contribution is 5.67. The van der Waals surface area contributed by atoms with E-state index in [4.69, 9.17) is 5.73 Å².